The van der Waals surface area contributed by atoms with E-state index >= 15 is 0 Å². The van der Waals surface area contributed by atoms with Crippen LogP contribution in [0.3, 0.4) is 0 Å². The number of carbonyl (C=O) groups excluding carboxylic acids is 3. The standard InChI is InChI=1S/C22H35NO6S/c1-19(2,3)15-16(20(4,5)6)18(26)23(17(15)25)29-30(27,28)12-22-10-9-13(11-14(22)24)21(22,7)8/h13,15-16H,9-12H2,1-8H3/t13?,15-,16?,22?/m0/s1. The molecule has 0 aromatic rings. The summed E-state index contributed by atoms with van der Waals surface area (Å²) in [6, 6.07) is 0. The van der Waals surface area contributed by atoms with Crippen LogP contribution < -0.4 is 0 Å². The number of hydroxylamine groups is 2. The van der Waals surface area contributed by atoms with Gasteiger partial charge in [-0.25, -0.2) is 0 Å². The number of hydrogen-bond acceptors (Lipinski definition) is 6. The Hall–Kier alpha value is -1.28. The Morgan fingerprint density at radius 3 is 1.77 bits per heavy atom. The molecule has 0 N–H and O–H groups in total. The number of carbonyl (C=O) groups is 3. The highest BCUT2D eigenvalue weighted by Crippen LogP contribution is 2.64. The predicted octanol–water partition coefficient (Wildman–Crippen LogP) is 3.34. The quantitative estimate of drug-likeness (QED) is 0.621. The van der Waals surface area contributed by atoms with Gasteiger partial charge in [-0.2, -0.15) is 8.42 Å². The van der Waals surface area contributed by atoms with Crippen molar-refractivity contribution in [2.24, 2.45) is 39.4 Å². The van der Waals surface area contributed by atoms with Crippen molar-refractivity contribution in [3.63, 3.8) is 0 Å². The molecule has 170 valence electrons. The van der Waals surface area contributed by atoms with Crippen LogP contribution in [0.15, 0.2) is 0 Å². The van der Waals surface area contributed by atoms with Gasteiger partial charge in [0.2, 0.25) is 0 Å². The fraction of sp³-hybridized carbons (Fsp3) is 0.864. The van der Waals surface area contributed by atoms with Crippen molar-refractivity contribution in [3.8, 4) is 0 Å². The molecular formula is C22H35NO6S. The molecule has 1 saturated heterocycles. The number of nitrogens with zero attached hydrogens (tertiary/aromatic N) is 1. The second kappa shape index (κ2) is 6.61. The molecule has 3 unspecified atom stereocenters. The molecule has 8 heteroatoms. The van der Waals surface area contributed by atoms with E-state index < -0.39 is 61.2 Å². The zero-order chi connectivity index (χ0) is 23.1. The van der Waals surface area contributed by atoms with Gasteiger partial charge >= 0.3 is 0 Å². The molecule has 3 fully saturated rings. The Kier molecular flexibility index (Phi) is 5.15. The predicted molar refractivity (Wildman–Crippen MR) is 111 cm³/mol. The Labute approximate surface area is 180 Å². The van der Waals surface area contributed by atoms with Crippen LogP contribution in [0.2, 0.25) is 0 Å². The molecule has 4 atom stereocenters. The molecule has 3 rings (SSSR count). The third-order valence-corrected chi connectivity index (χ3v) is 9.10. The zero-order valence-corrected chi connectivity index (χ0v) is 20.2. The van der Waals surface area contributed by atoms with E-state index in [4.69, 9.17) is 4.28 Å². The summed E-state index contributed by atoms with van der Waals surface area (Å²) in [5.74, 6) is -3.05. The average Bonchev–Trinajstić information content (AvgIpc) is 3.00. The van der Waals surface area contributed by atoms with E-state index in [0.717, 1.165) is 6.42 Å². The van der Waals surface area contributed by atoms with Gasteiger partial charge in [-0.3, -0.25) is 14.4 Å². The Morgan fingerprint density at radius 1 is 0.967 bits per heavy atom. The fourth-order valence-corrected chi connectivity index (χ4v) is 7.72. The van der Waals surface area contributed by atoms with E-state index in [1.54, 1.807) is 0 Å². The van der Waals surface area contributed by atoms with Gasteiger partial charge in [-0.1, -0.05) is 55.4 Å². The van der Waals surface area contributed by atoms with Crippen LogP contribution in [0, 0.1) is 39.4 Å². The first-order valence-corrected chi connectivity index (χ1v) is 12.3. The van der Waals surface area contributed by atoms with Crippen molar-refractivity contribution in [2.45, 2.75) is 74.7 Å². The third kappa shape index (κ3) is 3.34. The van der Waals surface area contributed by atoms with Gasteiger partial charge in [0.15, 0.2) is 0 Å². The lowest BCUT2D eigenvalue weighted by atomic mass is 9.65. The molecule has 7 nitrogen and oxygen atoms in total. The molecule has 2 aliphatic carbocycles. The smallest absolute Gasteiger partial charge is 0.289 e. The highest BCUT2D eigenvalue weighted by Gasteiger charge is 2.66. The molecule has 2 bridgehead atoms. The molecule has 2 saturated carbocycles. The SMILES string of the molecule is CC(C)(C)C1C(=O)N(OS(=O)(=O)CC23CCC(CC2=O)C3(C)C)C(=O)[C@H]1C(C)(C)C. The molecule has 30 heavy (non-hydrogen) atoms. The van der Waals surface area contributed by atoms with Crippen LogP contribution in [0.4, 0.5) is 0 Å². The minimum Gasteiger partial charge on any atom is -0.299 e. The monoisotopic (exact) mass is 441 g/mol. The van der Waals surface area contributed by atoms with E-state index in [2.05, 4.69) is 0 Å². The second-order valence-electron chi connectivity index (χ2n) is 12.1. The van der Waals surface area contributed by atoms with Crippen LogP contribution in [0.1, 0.15) is 74.7 Å². The summed E-state index contributed by atoms with van der Waals surface area (Å²) in [7, 11) is -4.34. The van der Waals surface area contributed by atoms with Gasteiger partial charge in [-0.05, 0) is 35.0 Å². The van der Waals surface area contributed by atoms with Crippen LogP contribution in [-0.4, -0.2) is 36.8 Å². The lowest BCUT2D eigenvalue weighted by Gasteiger charge is -2.36. The van der Waals surface area contributed by atoms with E-state index in [1.807, 2.05) is 55.4 Å². The Morgan fingerprint density at radius 2 is 1.43 bits per heavy atom. The molecular weight excluding hydrogens is 406 g/mol. The number of amides is 2. The summed E-state index contributed by atoms with van der Waals surface area (Å²) in [5, 5.41) is 0.455. The number of imide groups is 1. The number of fused-ring (bicyclic) bond motifs is 2. The van der Waals surface area contributed by atoms with Crippen molar-refractivity contribution in [1.29, 1.82) is 0 Å². The highest BCUT2D eigenvalue weighted by atomic mass is 32.2. The van der Waals surface area contributed by atoms with Gasteiger partial charge in [-0.15, -0.1) is 9.35 Å². The van der Waals surface area contributed by atoms with Gasteiger partial charge in [0.1, 0.15) is 5.78 Å². The molecule has 0 spiro atoms. The van der Waals surface area contributed by atoms with Gasteiger partial charge in [0.05, 0.1) is 23.0 Å². The summed E-state index contributed by atoms with van der Waals surface area (Å²) in [6.07, 6.45) is 1.67. The van der Waals surface area contributed by atoms with E-state index in [9.17, 15) is 22.8 Å². The third-order valence-electron chi connectivity index (χ3n) is 7.88. The summed E-state index contributed by atoms with van der Waals surface area (Å²) >= 11 is 0. The molecule has 1 aliphatic heterocycles. The van der Waals surface area contributed by atoms with E-state index in [1.165, 1.54) is 0 Å². The van der Waals surface area contributed by atoms with Crippen LogP contribution >= 0.6 is 0 Å². The second-order valence-corrected chi connectivity index (χ2v) is 13.7. The lowest BCUT2D eigenvalue weighted by molar-refractivity contribution is -0.166. The zero-order valence-electron chi connectivity index (χ0n) is 19.4. The van der Waals surface area contributed by atoms with Crippen molar-refractivity contribution in [2.75, 3.05) is 5.75 Å². The lowest BCUT2D eigenvalue weighted by Crippen LogP contribution is -2.45. The first kappa shape index (κ1) is 23.4. The maximum Gasteiger partial charge on any atom is 0.289 e. The number of hydrogen-bond donors (Lipinski definition) is 0. The Bertz CT molecular complexity index is 860. The molecule has 1 heterocycles. The van der Waals surface area contributed by atoms with E-state index in [-0.39, 0.29) is 11.7 Å². The molecule has 0 aromatic heterocycles. The molecule has 2 amide bonds. The molecule has 3 aliphatic rings. The van der Waals surface area contributed by atoms with Crippen LogP contribution in [0.25, 0.3) is 0 Å². The Balaban J connectivity index is 1.91. The topological polar surface area (TPSA) is 97.8 Å². The minimum absolute atomic E-state index is 0.0601. The van der Waals surface area contributed by atoms with Crippen molar-refractivity contribution in [3.05, 3.63) is 0 Å². The van der Waals surface area contributed by atoms with Gasteiger partial charge in [0.25, 0.3) is 21.9 Å². The number of Topliss-reactive ketones (excluding diaryl/α,β-unsaturated/α-hetero) is 1. The summed E-state index contributed by atoms with van der Waals surface area (Å²) in [4.78, 5) is 39.0. The van der Waals surface area contributed by atoms with Crippen molar-refractivity contribution in [1.82, 2.24) is 5.06 Å². The fourth-order valence-electron chi connectivity index (χ4n) is 6.01. The number of ketones is 1. The minimum atomic E-state index is -4.34. The maximum atomic E-state index is 13.1. The van der Waals surface area contributed by atoms with Crippen molar-refractivity contribution < 1.29 is 27.1 Å². The maximum absolute atomic E-state index is 13.1. The first-order chi connectivity index (χ1) is 13.4. The number of rotatable bonds is 4. The molecule has 0 aromatic carbocycles. The normalized spacial score (nSPS) is 34.3. The summed E-state index contributed by atoms with van der Waals surface area (Å²) < 4.78 is 31.3. The van der Waals surface area contributed by atoms with Crippen LogP contribution in [-0.2, 0) is 28.8 Å². The van der Waals surface area contributed by atoms with Crippen LogP contribution in [0.5, 0.6) is 0 Å². The summed E-state index contributed by atoms with van der Waals surface area (Å²) in [5.41, 5.74) is -2.57. The van der Waals surface area contributed by atoms with E-state index in [0.29, 0.717) is 17.9 Å². The van der Waals surface area contributed by atoms with Gasteiger partial charge < -0.3 is 0 Å². The van der Waals surface area contributed by atoms with Crippen molar-refractivity contribution >= 4 is 27.7 Å². The largest absolute Gasteiger partial charge is 0.299 e. The highest BCUT2D eigenvalue weighted by molar-refractivity contribution is 7.86. The first-order valence-electron chi connectivity index (χ1n) is 10.7. The summed E-state index contributed by atoms with van der Waals surface area (Å²) in [6.45, 7) is 15.0. The average molecular weight is 442 g/mol. The molecule has 0 radical (unpaired) electrons. The van der Waals surface area contributed by atoms with Gasteiger partial charge in [0, 0.05) is 6.42 Å².